The van der Waals surface area contributed by atoms with Crippen molar-refractivity contribution in [2.45, 2.75) is 37.7 Å². The largest absolute Gasteiger partial charge is 0.497 e. The number of amides is 1. The number of carbonyl (C=O) groups excluding carboxylic acids is 1. The molecule has 1 amide bonds. The van der Waals surface area contributed by atoms with Gasteiger partial charge in [-0.05, 0) is 67.8 Å². The number of para-hydroxylation sites is 1. The molecule has 3 aromatic carbocycles. The first kappa shape index (κ1) is 23.6. The number of benzene rings is 3. The standard InChI is InChI=1S/C27H27N3O3S/c1-17-9-10-18(2)24(15-17)30-26(32)22-7-5-6-8-23(22)29-27(30)34-19(3)25(31)28-16-20-11-13-21(33-4)14-12-20/h5-15,19H,16H2,1-4H3,(H,28,31). The number of thioether (sulfide) groups is 1. The molecule has 0 radical (unpaired) electrons. The summed E-state index contributed by atoms with van der Waals surface area (Å²) in [6, 6.07) is 20.8. The van der Waals surface area contributed by atoms with Gasteiger partial charge in [-0.1, -0.05) is 48.2 Å². The zero-order valence-electron chi connectivity index (χ0n) is 19.7. The molecular formula is C27H27N3O3S. The van der Waals surface area contributed by atoms with E-state index in [0.717, 1.165) is 28.1 Å². The minimum Gasteiger partial charge on any atom is -0.497 e. The van der Waals surface area contributed by atoms with Crippen LogP contribution in [0.25, 0.3) is 16.6 Å². The number of ether oxygens (including phenoxy) is 1. The minimum atomic E-state index is -0.456. The van der Waals surface area contributed by atoms with Crippen LogP contribution in [0.2, 0.25) is 0 Å². The Balaban J connectivity index is 1.64. The lowest BCUT2D eigenvalue weighted by Crippen LogP contribution is -2.31. The van der Waals surface area contributed by atoms with Gasteiger partial charge in [-0.25, -0.2) is 4.98 Å². The van der Waals surface area contributed by atoms with E-state index in [1.165, 1.54) is 11.8 Å². The average molecular weight is 474 g/mol. The molecule has 1 atom stereocenters. The number of aryl methyl sites for hydroxylation is 2. The average Bonchev–Trinajstić information content (AvgIpc) is 2.85. The van der Waals surface area contributed by atoms with Gasteiger partial charge in [0.05, 0.1) is 29.0 Å². The summed E-state index contributed by atoms with van der Waals surface area (Å²) in [7, 11) is 1.62. The molecule has 4 aromatic rings. The smallest absolute Gasteiger partial charge is 0.266 e. The van der Waals surface area contributed by atoms with Crippen LogP contribution in [0.4, 0.5) is 0 Å². The predicted octanol–water partition coefficient (Wildman–Crippen LogP) is 4.81. The summed E-state index contributed by atoms with van der Waals surface area (Å²) < 4.78 is 6.81. The second kappa shape index (κ2) is 10.1. The molecule has 1 aromatic heterocycles. The van der Waals surface area contributed by atoms with Gasteiger partial charge >= 0.3 is 0 Å². The number of methoxy groups -OCH3 is 1. The highest BCUT2D eigenvalue weighted by Crippen LogP contribution is 2.27. The third-order valence-electron chi connectivity index (χ3n) is 5.63. The summed E-state index contributed by atoms with van der Waals surface area (Å²) in [5, 5.41) is 3.55. The van der Waals surface area contributed by atoms with Gasteiger partial charge < -0.3 is 10.1 Å². The molecule has 6 nitrogen and oxygen atoms in total. The number of aromatic nitrogens is 2. The normalized spacial score (nSPS) is 11.9. The Labute approximate surface area is 203 Å². The van der Waals surface area contributed by atoms with Crippen molar-refractivity contribution in [2.75, 3.05) is 7.11 Å². The van der Waals surface area contributed by atoms with Gasteiger partial charge in [0.1, 0.15) is 5.75 Å². The maximum Gasteiger partial charge on any atom is 0.266 e. The van der Waals surface area contributed by atoms with Gasteiger partial charge in [0.15, 0.2) is 5.16 Å². The topological polar surface area (TPSA) is 73.2 Å². The number of carbonyl (C=O) groups is 1. The lowest BCUT2D eigenvalue weighted by atomic mass is 10.1. The van der Waals surface area contributed by atoms with E-state index in [-0.39, 0.29) is 11.5 Å². The SMILES string of the molecule is COc1ccc(CNC(=O)C(C)Sc2nc3ccccc3c(=O)n2-c2cc(C)ccc2C)cc1. The van der Waals surface area contributed by atoms with Gasteiger partial charge in [0.2, 0.25) is 5.91 Å². The van der Waals surface area contributed by atoms with Gasteiger partial charge in [-0.2, -0.15) is 0 Å². The van der Waals surface area contributed by atoms with Crippen LogP contribution < -0.4 is 15.6 Å². The first-order valence-corrected chi connectivity index (χ1v) is 11.9. The summed E-state index contributed by atoms with van der Waals surface area (Å²) >= 11 is 1.28. The molecule has 34 heavy (non-hydrogen) atoms. The van der Waals surface area contributed by atoms with Crippen molar-refractivity contribution >= 4 is 28.6 Å². The molecule has 0 aliphatic carbocycles. The Morgan fingerprint density at radius 2 is 1.82 bits per heavy atom. The van der Waals surface area contributed by atoms with Gasteiger partial charge in [0, 0.05) is 6.54 Å². The van der Waals surface area contributed by atoms with Crippen LogP contribution in [0.15, 0.2) is 76.7 Å². The molecule has 1 N–H and O–H groups in total. The molecule has 7 heteroatoms. The quantitative estimate of drug-likeness (QED) is 0.308. The fraction of sp³-hybridized carbons (Fsp3) is 0.222. The van der Waals surface area contributed by atoms with Gasteiger partial charge in [0.25, 0.3) is 5.56 Å². The monoisotopic (exact) mass is 473 g/mol. The first-order valence-electron chi connectivity index (χ1n) is 11.0. The number of hydrogen-bond acceptors (Lipinski definition) is 5. The molecule has 4 rings (SSSR count). The van der Waals surface area contributed by atoms with E-state index < -0.39 is 5.25 Å². The minimum absolute atomic E-state index is 0.129. The lowest BCUT2D eigenvalue weighted by molar-refractivity contribution is -0.120. The zero-order chi connectivity index (χ0) is 24.2. The molecule has 0 saturated carbocycles. The molecule has 1 unspecified atom stereocenters. The van der Waals surface area contributed by atoms with Crippen molar-refractivity contribution < 1.29 is 9.53 Å². The number of nitrogens with zero attached hydrogens (tertiary/aromatic N) is 2. The van der Waals surface area contributed by atoms with Crippen LogP contribution in [0, 0.1) is 13.8 Å². The van der Waals surface area contributed by atoms with Crippen LogP contribution in [-0.2, 0) is 11.3 Å². The van der Waals surface area contributed by atoms with E-state index in [1.54, 1.807) is 17.7 Å². The van der Waals surface area contributed by atoms with Crippen molar-refractivity contribution in [1.29, 1.82) is 0 Å². The molecule has 0 saturated heterocycles. The fourth-order valence-corrected chi connectivity index (χ4v) is 4.60. The Hall–Kier alpha value is -3.58. The highest BCUT2D eigenvalue weighted by atomic mass is 32.2. The maximum absolute atomic E-state index is 13.5. The molecular weight excluding hydrogens is 446 g/mol. The van der Waals surface area contributed by atoms with E-state index in [0.29, 0.717) is 22.6 Å². The molecule has 0 bridgehead atoms. The van der Waals surface area contributed by atoms with Crippen LogP contribution >= 0.6 is 11.8 Å². The van der Waals surface area contributed by atoms with E-state index in [9.17, 15) is 9.59 Å². The summed E-state index contributed by atoms with van der Waals surface area (Å²) in [6.45, 7) is 6.19. The van der Waals surface area contributed by atoms with Crippen LogP contribution in [-0.4, -0.2) is 27.8 Å². The third-order valence-corrected chi connectivity index (χ3v) is 6.68. The predicted molar refractivity (Wildman–Crippen MR) is 137 cm³/mol. The van der Waals surface area contributed by atoms with Crippen LogP contribution in [0.1, 0.15) is 23.6 Å². The van der Waals surface area contributed by atoms with Gasteiger partial charge in [-0.15, -0.1) is 0 Å². The molecule has 0 aliphatic heterocycles. The first-order chi connectivity index (χ1) is 16.4. The van der Waals surface area contributed by atoms with E-state index >= 15 is 0 Å². The van der Waals surface area contributed by atoms with Crippen molar-refractivity contribution in [3.05, 3.63) is 93.8 Å². The Morgan fingerprint density at radius 1 is 1.09 bits per heavy atom. The molecule has 1 heterocycles. The van der Waals surface area contributed by atoms with Crippen LogP contribution in [0.3, 0.4) is 0 Å². The Kier molecular flexibility index (Phi) is 7.03. The van der Waals surface area contributed by atoms with Crippen molar-refractivity contribution in [1.82, 2.24) is 14.9 Å². The second-order valence-corrected chi connectivity index (χ2v) is 9.48. The number of fused-ring (bicyclic) bond motifs is 1. The van der Waals surface area contributed by atoms with Gasteiger partial charge in [-0.3, -0.25) is 14.2 Å². The molecule has 0 aliphatic rings. The molecule has 174 valence electrons. The summed E-state index contributed by atoms with van der Waals surface area (Å²) in [5.41, 5.74) is 4.22. The van der Waals surface area contributed by atoms with Crippen molar-refractivity contribution in [3.8, 4) is 11.4 Å². The van der Waals surface area contributed by atoms with E-state index in [4.69, 9.17) is 9.72 Å². The van der Waals surface area contributed by atoms with Crippen molar-refractivity contribution in [3.63, 3.8) is 0 Å². The highest BCUT2D eigenvalue weighted by molar-refractivity contribution is 8.00. The summed E-state index contributed by atoms with van der Waals surface area (Å²) in [6.07, 6.45) is 0. The zero-order valence-corrected chi connectivity index (χ0v) is 20.5. The Bertz CT molecular complexity index is 1400. The highest BCUT2D eigenvalue weighted by Gasteiger charge is 2.21. The lowest BCUT2D eigenvalue weighted by Gasteiger charge is -2.18. The molecule has 0 fully saturated rings. The summed E-state index contributed by atoms with van der Waals surface area (Å²) in [5.74, 6) is 0.640. The maximum atomic E-state index is 13.5. The number of rotatable bonds is 7. The van der Waals surface area contributed by atoms with E-state index in [2.05, 4.69) is 5.32 Å². The van der Waals surface area contributed by atoms with E-state index in [1.807, 2.05) is 81.4 Å². The van der Waals surface area contributed by atoms with Crippen LogP contribution in [0.5, 0.6) is 5.75 Å². The summed E-state index contributed by atoms with van der Waals surface area (Å²) in [4.78, 5) is 31.2. The number of nitrogens with one attached hydrogen (secondary N) is 1. The molecule has 0 spiro atoms. The fourth-order valence-electron chi connectivity index (χ4n) is 3.65. The van der Waals surface area contributed by atoms with Crippen molar-refractivity contribution in [2.24, 2.45) is 0 Å². The second-order valence-electron chi connectivity index (χ2n) is 8.17. The number of hydrogen-bond donors (Lipinski definition) is 1. The third kappa shape index (κ3) is 4.99. The Morgan fingerprint density at radius 3 is 2.56 bits per heavy atom.